The van der Waals surface area contributed by atoms with E-state index in [1.54, 1.807) is 6.20 Å². The number of hydrogen-bond donors (Lipinski definition) is 1. The van der Waals surface area contributed by atoms with Gasteiger partial charge in [-0.05, 0) is 44.4 Å². The van der Waals surface area contributed by atoms with Crippen molar-refractivity contribution >= 4 is 27.1 Å². The van der Waals surface area contributed by atoms with E-state index in [1.807, 2.05) is 18.5 Å². The third-order valence-electron chi connectivity index (χ3n) is 4.50. The Morgan fingerprint density at radius 2 is 2.00 bits per heavy atom. The van der Waals surface area contributed by atoms with Crippen LogP contribution in [0.5, 0.6) is 0 Å². The van der Waals surface area contributed by atoms with Gasteiger partial charge in [0.1, 0.15) is 0 Å². The van der Waals surface area contributed by atoms with Crippen molar-refractivity contribution in [3.05, 3.63) is 63.3 Å². The van der Waals surface area contributed by atoms with E-state index in [2.05, 4.69) is 52.5 Å². The maximum atomic E-state index is 12.2. The molecule has 3 aromatic heterocycles. The number of rotatable bonds is 4. The Labute approximate surface area is 160 Å². The van der Waals surface area contributed by atoms with Crippen LogP contribution < -0.4 is 10.9 Å². The molecule has 1 N–H and O–H groups in total. The van der Waals surface area contributed by atoms with Gasteiger partial charge in [-0.3, -0.25) is 4.79 Å². The molecule has 7 nitrogen and oxygen atoms in total. The van der Waals surface area contributed by atoms with Crippen LogP contribution in [0.3, 0.4) is 0 Å². The topological polar surface area (TPSA) is 77.1 Å². The van der Waals surface area contributed by atoms with Crippen LogP contribution in [0.1, 0.15) is 29.4 Å². The van der Waals surface area contributed by atoms with Crippen LogP contribution in [0, 0.1) is 20.8 Å². The molecule has 0 aliphatic rings. The molecular weight excluding hydrogens is 360 g/mol. The smallest absolute Gasteiger partial charge is 0.275 e. The summed E-state index contributed by atoms with van der Waals surface area (Å²) in [6, 6.07) is 7.83. The lowest BCUT2D eigenvalue weighted by molar-refractivity contribution is 0.839. The van der Waals surface area contributed by atoms with Crippen LogP contribution in [-0.2, 0) is 6.42 Å². The van der Waals surface area contributed by atoms with Gasteiger partial charge in [-0.25, -0.2) is 9.67 Å². The van der Waals surface area contributed by atoms with E-state index < -0.39 is 0 Å². The van der Waals surface area contributed by atoms with Gasteiger partial charge in [0.25, 0.3) is 5.56 Å². The quantitative estimate of drug-likeness (QED) is 0.586. The highest BCUT2D eigenvalue weighted by molar-refractivity contribution is 7.20. The van der Waals surface area contributed by atoms with Gasteiger partial charge in [-0.2, -0.15) is 9.61 Å². The molecule has 3 heterocycles. The van der Waals surface area contributed by atoms with E-state index in [0.29, 0.717) is 16.5 Å². The van der Waals surface area contributed by atoms with Crippen LogP contribution in [0.15, 0.2) is 35.3 Å². The van der Waals surface area contributed by atoms with Crippen molar-refractivity contribution in [3.8, 4) is 5.69 Å². The second-order valence-electron chi connectivity index (χ2n) is 6.51. The third-order valence-corrected chi connectivity index (χ3v) is 5.33. The second-order valence-corrected chi connectivity index (χ2v) is 7.47. The zero-order valence-electron chi connectivity index (χ0n) is 15.6. The summed E-state index contributed by atoms with van der Waals surface area (Å²) in [7, 11) is 0. The van der Waals surface area contributed by atoms with E-state index in [1.165, 1.54) is 27.5 Å². The van der Waals surface area contributed by atoms with E-state index in [9.17, 15) is 4.79 Å². The van der Waals surface area contributed by atoms with Gasteiger partial charge in [0.2, 0.25) is 10.1 Å². The molecule has 4 aromatic rings. The fourth-order valence-electron chi connectivity index (χ4n) is 2.93. The van der Waals surface area contributed by atoms with Crippen molar-refractivity contribution in [2.75, 3.05) is 5.32 Å². The normalized spacial score (nSPS) is 11.3. The van der Waals surface area contributed by atoms with E-state index in [4.69, 9.17) is 0 Å². The lowest BCUT2D eigenvalue weighted by Gasteiger charge is -2.10. The molecule has 0 saturated heterocycles. The molecule has 0 atom stereocenters. The molecular formula is C19H20N6OS. The van der Waals surface area contributed by atoms with Gasteiger partial charge in [0, 0.05) is 11.8 Å². The fraction of sp³-hybridized carbons (Fsp3) is 0.263. The van der Waals surface area contributed by atoms with E-state index in [-0.39, 0.29) is 5.56 Å². The zero-order valence-corrected chi connectivity index (χ0v) is 16.5. The Kier molecular flexibility index (Phi) is 4.27. The Bertz CT molecular complexity index is 1200. The molecule has 0 saturated carbocycles. The van der Waals surface area contributed by atoms with Crippen molar-refractivity contribution in [1.29, 1.82) is 0 Å². The first-order valence-corrected chi connectivity index (χ1v) is 9.57. The van der Waals surface area contributed by atoms with Crippen LogP contribution >= 0.6 is 11.3 Å². The van der Waals surface area contributed by atoms with Crippen molar-refractivity contribution in [2.24, 2.45) is 0 Å². The molecule has 0 fully saturated rings. The van der Waals surface area contributed by atoms with Crippen LogP contribution in [0.4, 0.5) is 10.8 Å². The Morgan fingerprint density at radius 3 is 2.78 bits per heavy atom. The first-order valence-electron chi connectivity index (χ1n) is 8.75. The minimum Gasteiger partial charge on any atom is -0.327 e. The summed E-state index contributed by atoms with van der Waals surface area (Å²) in [6.07, 6.45) is 2.49. The number of aryl methyl sites for hydroxylation is 3. The molecule has 8 heteroatoms. The second kappa shape index (κ2) is 6.62. The highest BCUT2D eigenvalue weighted by Crippen LogP contribution is 2.26. The maximum absolute atomic E-state index is 12.2. The predicted octanol–water partition coefficient (Wildman–Crippen LogP) is 3.57. The van der Waals surface area contributed by atoms with Gasteiger partial charge in [0.05, 0.1) is 23.3 Å². The first-order chi connectivity index (χ1) is 13.0. The van der Waals surface area contributed by atoms with Crippen molar-refractivity contribution < 1.29 is 0 Å². The van der Waals surface area contributed by atoms with E-state index in [0.717, 1.165) is 28.3 Å². The SMILES string of the molecule is CCc1cc(=O)n2nc(Nc3cnn(-c4cc(C)ccc4C)c3C)sc2n1. The third kappa shape index (κ3) is 3.12. The summed E-state index contributed by atoms with van der Waals surface area (Å²) < 4.78 is 3.24. The standard InChI is InChI=1S/C19H20N6OS/c1-5-14-9-17(26)25-19(21-14)27-18(23-25)22-15-10-20-24(13(15)4)16-8-11(2)6-7-12(16)3/h6-10H,5H2,1-4H3,(H,22,23). The van der Waals surface area contributed by atoms with Crippen molar-refractivity contribution in [1.82, 2.24) is 24.4 Å². The molecule has 0 aliphatic carbocycles. The average Bonchev–Trinajstić information content (AvgIpc) is 3.21. The highest BCUT2D eigenvalue weighted by atomic mass is 32.1. The van der Waals surface area contributed by atoms with Gasteiger partial charge in [0.15, 0.2) is 0 Å². The number of benzene rings is 1. The molecule has 27 heavy (non-hydrogen) atoms. The molecule has 0 bridgehead atoms. The summed E-state index contributed by atoms with van der Waals surface area (Å²) in [6.45, 7) is 8.12. The minimum atomic E-state index is -0.163. The minimum absolute atomic E-state index is 0.163. The summed E-state index contributed by atoms with van der Waals surface area (Å²) in [5, 5.41) is 12.8. The van der Waals surface area contributed by atoms with Crippen molar-refractivity contribution in [3.63, 3.8) is 0 Å². The predicted molar refractivity (Wildman–Crippen MR) is 108 cm³/mol. The van der Waals surface area contributed by atoms with E-state index >= 15 is 0 Å². The summed E-state index contributed by atoms with van der Waals surface area (Å²) >= 11 is 1.35. The molecule has 0 aliphatic heterocycles. The number of nitrogens with one attached hydrogen (secondary N) is 1. The summed E-state index contributed by atoms with van der Waals surface area (Å²) in [5.41, 5.74) is 5.81. The maximum Gasteiger partial charge on any atom is 0.275 e. The summed E-state index contributed by atoms with van der Waals surface area (Å²) in [4.78, 5) is 17.2. The average molecular weight is 380 g/mol. The number of hydrogen-bond acceptors (Lipinski definition) is 6. The van der Waals surface area contributed by atoms with Gasteiger partial charge >= 0.3 is 0 Å². The Balaban J connectivity index is 1.71. The zero-order chi connectivity index (χ0) is 19.1. The fourth-order valence-corrected chi connectivity index (χ4v) is 3.76. The number of aromatic nitrogens is 5. The molecule has 0 radical (unpaired) electrons. The molecule has 0 spiro atoms. The van der Waals surface area contributed by atoms with Crippen molar-refractivity contribution in [2.45, 2.75) is 34.1 Å². The number of anilines is 2. The van der Waals surface area contributed by atoms with Crippen LogP contribution in [-0.4, -0.2) is 24.4 Å². The molecule has 1 aromatic carbocycles. The molecule has 4 rings (SSSR count). The monoisotopic (exact) mass is 380 g/mol. The first kappa shape index (κ1) is 17.4. The van der Waals surface area contributed by atoms with Crippen LogP contribution in [0.2, 0.25) is 0 Å². The number of nitrogens with zero attached hydrogens (tertiary/aromatic N) is 5. The van der Waals surface area contributed by atoms with Gasteiger partial charge in [-0.15, -0.1) is 5.10 Å². The Morgan fingerprint density at radius 1 is 1.19 bits per heavy atom. The lowest BCUT2D eigenvalue weighted by atomic mass is 10.1. The molecule has 0 unspecified atom stereocenters. The Hall–Kier alpha value is -3.00. The molecule has 138 valence electrons. The van der Waals surface area contributed by atoms with Gasteiger partial charge in [-0.1, -0.05) is 30.4 Å². The highest BCUT2D eigenvalue weighted by Gasteiger charge is 2.13. The molecule has 0 amide bonds. The number of fused-ring (bicyclic) bond motifs is 1. The lowest BCUT2D eigenvalue weighted by Crippen LogP contribution is -2.15. The van der Waals surface area contributed by atoms with Gasteiger partial charge < -0.3 is 5.32 Å². The van der Waals surface area contributed by atoms with Crippen LogP contribution in [0.25, 0.3) is 10.6 Å². The summed E-state index contributed by atoms with van der Waals surface area (Å²) in [5.74, 6) is 0. The largest absolute Gasteiger partial charge is 0.327 e.